The molecular formula is C49H97NO6. The lowest BCUT2D eigenvalue weighted by molar-refractivity contribution is -0.150. The summed E-state index contributed by atoms with van der Waals surface area (Å²) >= 11 is 0. The standard InChI is InChI=1S/C49H97NO6/c1-5-9-13-17-19-25-36-46(34-23-15-11-7-3)48(53)55-42-29-22-21-28-38-50(39-41-52)44-45(33-31-40-51)32-27-30-43-56-49(54)47(35-24-16-12-8-4)37-26-20-18-14-10-6-2/h45-47,51-52H,5-44H2,1-4H3. The molecule has 0 radical (unpaired) electrons. The largest absolute Gasteiger partial charge is 0.465 e. The zero-order valence-corrected chi connectivity index (χ0v) is 38.0. The van der Waals surface area contributed by atoms with Crippen LogP contribution in [-0.4, -0.2) is 73.1 Å². The van der Waals surface area contributed by atoms with Crippen LogP contribution in [0.4, 0.5) is 0 Å². The van der Waals surface area contributed by atoms with Crippen LogP contribution in [0.5, 0.6) is 0 Å². The fraction of sp³-hybridized carbons (Fsp3) is 0.959. The van der Waals surface area contributed by atoms with Gasteiger partial charge in [0, 0.05) is 19.7 Å². The molecule has 7 nitrogen and oxygen atoms in total. The molecule has 3 unspecified atom stereocenters. The fourth-order valence-corrected chi connectivity index (χ4v) is 8.15. The topological polar surface area (TPSA) is 96.3 Å². The summed E-state index contributed by atoms with van der Waals surface area (Å²) in [5.41, 5.74) is 0. The van der Waals surface area contributed by atoms with Crippen molar-refractivity contribution in [2.24, 2.45) is 17.8 Å². The molecular weight excluding hydrogens is 699 g/mol. The van der Waals surface area contributed by atoms with Gasteiger partial charge in [0.05, 0.1) is 31.7 Å². The maximum Gasteiger partial charge on any atom is 0.308 e. The summed E-state index contributed by atoms with van der Waals surface area (Å²) in [6.07, 6.45) is 37.3. The van der Waals surface area contributed by atoms with Gasteiger partial charge in [-0.2, -0.15) is 0 Å². The van der Waals surface area contributed by atoms with Crippen molar-refractivity contribution in [1.82, 2.24) is 4.90 Å². The molecule has 0 amide bonds. The Balaban J connectivity index is 4.62. The molecule has 0 saturated carbocycles. The van der Waals surface area contributed by atoms with Gasteiger partial charge in [0.2, 0.25) is 0 Å². The Hall–Kier alpha value is -1.18. The number of nitrogens with zero attached hydrogens (tertiary/aromatic N) is 1. The number of aliphatic hydroxyl groups is 2. The van der Waals surface area contributed by atoms with Crippen molar-refractivity contribution < 1.29 is 29.3 Å². The maximum atomic E-state index is 13.1. The minimum atomic E-state index is 0.0182. The highest BCUT2D eigenvalue weighted by Gasteiger charge is 2.21. The molecule has 0 aromatic rings. The number of rotatable bonds is 45. The van der Waals surface area contributed by atoms with E-state index in [0.29, 0.717) is 25.7 Å². The summed E-state index contributed by atoms with van der Waals surface area (Å²) in [5, 5.41) is 19.4. The number of hydrogen-bond donors (Lipinski definition) is 2. The van der Waals surface area contributed by atoms with E-state index >= 15 is 0 Å². The van der Waals surface area contributed by atoms with Crippen molar-refractivity contribution >= 4 is 11.9 Å². The van der Waals surface area contributed by atoms with E-state index in [1.165, 1.54) is 103 Å². The number of unbranched alkanes of at least 4 members (excludes halogenated alkanes) is 20. The Labute approximate surface area is 348 Å². The minimum Gasteiger partial charge on any atom is -0.465 e. The van der Waals surface area contributed by atoms with Crippen LogP contribution in [0.2, 0.25) is 0 Å². The molecule has 0 aliphatic heterocycles. The second kappa shape index (κ2) is 43.4. The van der Waals surface area contributed by atoms with Crippen LogP contribution in [0.3, 0.4) is 0 Å². The minimum absolute atomic E-state index is 0.0182. The molecule has 0 aromatic carbocycles. The van der Waals surface area contributed by atoms with Gasteiger partial charge >= 0.3 is 11.9 Å². The number of aliphatic hydroxyl groups excluding tert-OH is 2. The van der Waals surface area contributed by atoms with Gasteiger partial charge in [0.15, 0.2) is 0 Å². The molecule has 0 saturated heterocycles. The molecule has 3 atom stereocenters. The highest BCUT2D eigenvalue weighted by atomic mass is 16.5. The third-order valence-electron chi connectivity index (χ3n) is 11.9. The van der Waals surface area contributed by atoms with Crippen molar-refractivity contribution in [3.05, 3.63) is 0 Å². The molecule has 0 rings (SSSR count). The monoisotopic (exact) mass is 796 g/mol. The van der Waals surface area contributed by atoms with E-state index < -0.39 is 0 Å². The smallest absolute Gasteiger partial charge is 0.308 e. The molecule has 0 spiro atoms. The van der Waals surface area contributed by atoms with Crippen LogP contribution in [-0.2, 0) is 19.1 Å². The number of ether oxygens (including phenoxy) is 2. The second-order valence-corrected chi connectivity index (χ2v) is 17.2. The predicted molar refractivity (Wildman–Crippen MR) is 238 cm³/mol. The molecule has 0 heterocycles. The van der Waals surface area contributed by atoms with Crippen molar-refractivity contribution in [3.8, 4) is 0 Å². The molecule has 0 aliphatic rings. The van der Waals surface area contributed by atoms with Crippen LogP contribution in [0.15, 0.2) is 0 Å². The van der Waals surface area contributed by atoms with Crippen molar-refractivity contribution in [3.63, 3.8) is 0 Å². The van der Waals surface area contributed by atoms with E-state index in [0.717, 1.165) is 122 Å². The molecule has 7 heteroatoms. The molecule has 56 heavy (non-hydrogen) atoms. The van der Waals surface area contributed by atoms with Crippen LogP contribution in [0.25, 0.3) is 0 Å². The van der Waals surface area contributed by atoms with Gasteiger partial charge in [-0.05, 0) is 83.1 Å². The van der Waals surface area contributed by atoms with Gasteiger partial charge in [0.1, 0.15) is 0 Å². The zero-order valence-electron chi connectivity index (χ0n) is 38.0. The van der Waals surface area contributed by atoms with Gasteiger partial charge in [-0.25, -0.2) is 0 Å². The first-order valence-electron chi connectivity index (χ1n) is 24.7. The van der Waals surface area contributed by atoms with Crippen molar-refractivity contribution in [2.45, 2.75) is 240 Å². The van der Waals surface area contributed by atoms with E-state index in [1.54, 1.807) is 0 Å². The maximum absolute atomic E-state index is 13.1. The summed E-state index contributed by atoms with van der Waals surface area (Å²) in [6.45, 7) is 12.9. The first kappa shape index (κ1) is 54.8. The third kappa shape index (κ3) is 34.8. The number of esters is 2. The van der Waals surface area contributed by atoms with E-state index in [2.05, 4.69) is 32.6 Å². The average Bonchev–Trinajstić information content (AvgIpc) is 3.20. The number of carbonyl (C=O) groups excluding carboxylic acids is 2. The molecule has 0 aromatic heterocycles. The molecule has 334 valence electrons. The fourth-order valence-electron chi connectivity index (χ4n) is 8.15. The molecule has 0 fully saturated rings. The van der Waals surface area contributed by atoms with Crippen LogP contribution in [0, 0.1) is 17.8 Å². The first-order chi connectivity index (χ1) is 27.5. The Morgan fingerprint density at radius 1 is 0.411 bits per heavy atom. The Bertz CT molecular complexity index is 824. The van der Waals surface area contributed by atoms with E-state index in [1.807, 2.05) is 0 Å². The number of hydrogen-bond acceptors (Lipinski definition) is 7. The van der Waals surface area contributed by atoms with Gasteiger partial charge in [-0.1, -0.05) is 169 Å². The Morgan fingerprint density at radius 3 is 1.21 bits per heavy atom. The quantitative estimate of drug-likeness (QED) is 0.0468. The SMILES string of the molecule is CCCCCCCCC(CCCCCC)C(=O)OCCCCCCN(CCO)CC(CCCO)CCCCOC(=O)C(CCCCCC)CCCCCCCC. The lowest BCUT2D eigenvalue weighted by Crippen LogP contribution is -2.33. The Kier molecular flexibility index (Phi) is 42.5. The van der Waals surface area contributed by atoms with Crippen LogP contribution in [0.1, 0.15) is 240 Å². The van der Waals surface area contributed by atoms with Crippen LogP contribution < -0.4 is 0 Å². The average molecular weight is 796 g/mol. The lowest BCUT2D eigenvalue weighted by Gasteiger charge is -2.27. The van der Waals surface area contributed by atoms with Gasteiger partial charge in [-0.3, -0.25) is 9.59 Å². The lowest BCUT2D eigenvalue weighted by atomic mass is 9.94. The molecule has 0 aliphatic carbocycles. The van der Waals surface area contributed by atoms with Gasteiger partial charge < -0.3 is 24.6 Å². The summed E-state index contributed by atoms with van der Waals surface area (Å²) in [7, 11) is 0. The van der Waals surface area contributed by atoms with Crippen LogP contribution >= 0.6 is 0 Å². The first-order valence-corrected chi connectivity index (χ1v) is 24.7. The number of carbonyl (C=O) groups is 2. The second-order valence-electron chi connectivity index (χ2n) is 17.2. The summed E-state index contributed by atoms with van der Waals surface area (Å²) in [5.74, 6) is 0.617. The summed E-state index contributed by atoms with van der Waals surface area (Å²) < 4.78 is 11.7. The zero-order chi connectivity index (χ0) is 41.2. The highest BCUT2D eigenvalue weighted by molar-refractivity contribution is 5.72. The van der Waals surface area contributed by atoms with Gasteiger partial charge in [-0.15, -0.1) is 0 Å². The van der Waals surface area contributed by atoms with E-state index in [-0.39, 0.29) is 37.0 Å². The molecule has 0 bridgehead atoms. The normalized spacial score (nSPS) is 13.3. The third-order valence-corrected chi connectivity index (χ3v) is 11.9. The Morgan fingerprint density at radius 2 is 0.768 bits per heavy atom. The predicted octanol–water partition coefficient (Wildman–Crippen LogP) is 13.2. The van der Waals surface area contributed by atoms with Gasteiger partial charge in [0.25, 0.3) is 0 Å². The summed E-state index contributed by atoms with van der Waals surface area (Å²) in [4.78, 5) is 28.5. The van der Waals surface area contributed by atoms with E-state index in [9.17, 15) is 19.8 Å². The summed E-state index contributed by atoms with van der Waals surface area (Å²) in [6, 6.07) is 0. The molecule has 2 N–H and O–H groups in total. The van der Waals surface area contributed by atoms with E-state index in [4.69, 9.17) is 9.47 Å². The van der Waals surface area contributed by atoms with Crippen molar-refractivity contribution in [2.75, 3.05) is 46.1 Å². The highest BCUT2D eigenvalue weighted by Crippen LogP contribution is 2.23. The van der Waals surface area contributed by atoms with Crippen molar-refractivity contribution in [1.29, 1.82) is 0 Å².